The molecule has 1 aliphatic rings. The Labute approximate surface area is 231 Å². The molecule has 216 valence electrons. The Morgan fingerprint density at radius 2 is 1.82 bits per heavy atom. The molecule has 0 bridgehead atoms. The van der Waals surface area contributed by atoms with Gasteiger partial charge < -0.3 is 15.2 Å². The smallest absolute Gasteiger partial charge is 0.404 e. The summed E-state index contributed by atoms with van der Waals surface area (Å²) in [6.07, 6.45) is 0.389. The second-order valence-electron chi connectivity index (χ2n) is 10.1. The fourth-order valence-electron chi connectivity index (χ4n) is 4.94. The number of benzene rings is 2. The number of rotatable bonds is 13. The second kappa shape index (κ2) is 13.6. The molecule has 2 N–H and O–H groups in total. The van der Waals surface area contributed by atoms with E-state index in [4.69, 9.17) is 9.84 Å². The summed E-state index contributed by atoms with van der Waals surface area (Å²) in [5.41, 5.74) is -1.19. The zero-order valence-electron chi connectivity index (χ0n) is 22.6. The van der Waals surface area contributed by atoms with Crippen LogP contribution in [0.1, 0.15) is 74.2 Å². The molecule has 3 atom stereocenters. The number of amides is 1. The molecule has 3 rings (SSSR count). The van der Waals surface area contributed by atoms with E-state index >= 15 is 4.39 Å². The Bertz CT molecular complexity index is 1230. The number of unbranched alkanes of at least 4 members (excludes halogenated alkanes) is 3. The number of carboxylic acids is 1. The summed E-state index contributed by atoms with van der Waals surface area (Å²) >= 11 is 0. The third-order valence-corrected chi connectivity index (χ3v) is 7.11. The number of hydrogen-bond donors (Lipinski definition) is 2. The monoisotopic (exact) mass is 561 g/mol. The highest BCUT2D eigenvalue weighted by Gasteiger charge is 2.58. The van der Waals surface area contributed by atoms with Gasteiger partial charge in [-0.05, 0) is 43.5 Å². The van der Waals surface area contributed by atoms with Crippen LogP contribution in [-0.4, -0.2) is 35.8 Å². The standard InChI is InChI=1S/C31H35F4NO4/c1-3-4-5-9-12-27(40-26-14-13-23(19-25(26)32)29(39)36-18-16-28(37)38)30(31(33,34)35)17-15-24(21(2)20-30)22-10-7-6-8-11-22/h6-8,10-11,13-15,17,19-20,24,27H,3-5,9,12,16,18H2,1-2H3,(H,36,39)(H,37,38). The molecule has 0 aromatic heterocycles. The van der Waals surface area contributed by atoms with Gasteiger partial charge in [0.1, 0.15) is 11.5 Å². The van der Waals surface area contributed by atoms with E-state index < -0.39 is 41.1 Å². The van der Waals surface area contributed by atoms with Gasteiger partial charge in [-0.3, -0.25) is 9.59 Å². The topological polar surface area (TPSA) is 75.6 Å². The van der Waals surface area contributed by atoms with Gasteiger partial charge in [0.05, 0.1) is 6.42 Å². The van der Waals surface area contributed by atoms with Gasteiger partial charge in [0.15, 0.2) is 11.6 Å². The van der Waals surface area contributed by atoms with Crippen LogP contribution in [-0.2, 0) is 4.79 Å². The van der Waals surface area contributed by atoms with Crippen LogP contribution in [0.2, 0.25) is 0 Å². The minimum atomic E-state index is -4.72. The fourth-order valence-corrected chi connectivity index (χ4v) is 4.94. The number of ether oxygens (including phenoxy) is 1. The predicted molar refractivity (Wildman–Crippen MR) is 145 cm³/mol. The Hall–Kier alpha value is -3.62. The number of carbonyl (C=O) groups is 2. The van der Waals surface area contributed by atoms with E-state index in [1.165, 1.54) is 12.1 Å². The van der Waals surface area contributed by atoms with Gasteiger partial charge in [0.25, 0.3) is 5.91 Å². The summed E-state index contributed by atoms with van der Waals surface area (Å²) in [6, 6.07) is 12.5. The number of aliphatic carboxylic acids is 1. The number of nitrogens with one attached hydrogen (secondary N) is 1. The maximum absolute atomic E-state index is 15.1. The van der Waals surface area contributed by atoms with E-state index in [0.717, 1.165) is 36.6 Å². The highest BCUT2D eigenvalue weighted by molar-refractivity contribution is 5.94. The third-order valence-electron chi connectivity index (χ3n) is 7.11. The van der Waals surface area contributed by atoms with Crippen molar-refractivity contribution in [2.24, 2.45) is 5.41 Å². The summed E-state index contributed by atoms with van der Waals surface area (Å²) < 4.78 is 65.7. The molecule has 0 fully saturated rings. The average Bonchev–Trinajstić information content (AvgIpc) is 2.90. The minimum absolute atomic E-state index is 0.0422. The van der Waals surface area contributed by atoms with Crippen molar-refractivity contribution in [3.8, 4) is 5.75 Å². The number of halogens is 4. The first kappa shape index (κ1) is 30.9. The lowest BCUT2D eigenvalue weighted by atomic mass is 9.71. The minimum Gasteiger partial charge on any atom is -0.486 e. The maximum atomic E-state index is 15.1. The maximum Gasteiger partial charge on any atom is 0.404 e. The summed E-state index contributed by atoms with van der Waals surface area (Å²) in [5.74, 6) is -3.50. The first-order chi connectivity index (χ1) is 19.0. The van der Waals surface area contributed by atoms with Gasteiger partial charge in [-0.15, -0.1) is 0 Å². The fraction of sp³-hybridized carbons (Fsp3) is 0.419. The number of hydrogen-bond acceptors (Lipinski definition) is 3. The molecular weight excluding hydrogens is 526 g/mol. The second-order valence-corrected chi connectivity index (χ2v) is 10.1. The van der Waals surface area contributed by atoms with E-state index in [2.05, 4.69) is 5.32 Å². The van der Waals surface area contributed by atoms with Crippen molar-refractivity contribution in [2.75, 3.05) is 6.54 Å². The molecule has 5 nitrogen and oxygen atoms in total. The predicted octanol–water partition coefficient (Wildman–Crippen LogP) is 7.60. The van der Waals surface area contributed by atoms with Crippen molar-refractivity contribution < 1.29 is 37.0 Å². The normalized spacial score (nSPS) is 19.6. The molecule has 0 aliphatic heterocycles. The molecule has 2 aromatic carbocycles. The van der Waals surface area contributed by atoms with Crippen molar-refractivity contribution in [1.82, 2.24) is 5.32 Å². The van der Waals surface area contributed by atoms with Crippen molar-refractivity contribution in [1.29, 1.82) is 0 Å². The number of carboxylic acid groups (broad SMARTS) is 1. The lowest BCUT2D eigenvalue weighted by molar-refractivity contribution is -0.214. The zero-order valence-corrected chi connectivity index (χ0v) is 22.6. The quantitative estimate of drug-likeness (QED) is 0.150. The molecule has 40 heavy (non-hydrogen) atoms. The zero-order chi connectivity index (χ0) is 29.3. The molecule has 0 heterocycles. The Kier molecular flexibility index (Phi) is 10.5. The first-order valence-corrected chi connectivity index (χ1v) is 13.4. The lowest BCUT2D eigenvalue weighted by Crippen LogP contribution is -2.49. The van der Waals surface area contributed by atoms with Gasteiger partial charge in [-0.1, -0.05) is 80.3 Å². The van der Waals surface area contributed by atoms with Crippen LogP contribution in [0.3, 0.4) is 0 Å². The number of alkyl halides is 3. The molecule has 0 saturated carbocycles. The molecule has 0 saturated heterocycles. The van der Waals surface area contributed by atoms with Crippen LogP contribution < -0.4 is 10.1 Å². The lowest BCUT2D eigenvalue weighted by Gasteiger charge is -2.41. The van der Waals surface area contributed by atoms with Crippen molar-refractivity contribution in [3.63, 3.8) is 0 Å². The summed E-state index contributed by atoms with van der Waals surface area (Å²) in [7, 11) is 0. The Balaban J connectivity index is 1.93. The van der Waals surface area contributed by atoms with E-state index in [1.54, 1.807) is 13.0 Å². The number of allylic oxidation sites excluding steroid dienone is 2. The summed E-state index contributed by atoms with van der Waals surface area (Å²) in [4.78, 5) is 22.9. The van der Waals surface area contributed by atoms with Crippen molar-refractivity contribution in [2.45, 2.75) is 70.6 Å². The van der Waals surface area contributed by atoms with E-state index in [9.17, 15) is 22.8 Å². The van der Waals surface area contributed by atoms with E-state index in [0.29, 0.717) is 18.4 Å². The Morgan fingerprint density at radius 1 is 1.10 bits per heavy atom. The molecule has 3 unspecified atom stereocenters. The molecule has 9 heteroatoms. The highest BCUT2D eigenvalue weighted by atomic mass is 19.4. The SMILES string of the molecule is CCCCCCC(Oc1ccc(C(=O)NCCC(=O)O)cc1F)C1(C(F)(F)F)C=CC(c2ccccc2)C(C)=C1. The summed E-state index contributed by atoms with van der Waals surface area (Å²) in [5, 5.41) is 11.1. The number of carbonyl (C=O) groups excluding carboxylic acids is 1. The van der Waals surface area contributed by atoms with Crippen LogP contribution in [0.4, 0.5) is 17.6 Å². The van der Waals surface area contributed by atoms with Crippen molar-refractivity contribution in [3.05, 3.63) is 89.3 Å². The molecule has 0 spiro atoms. The van der Waals surface area contributed by atoms with Crippen molar-refractivity contribution >= 4 is 11.9 Å². The molecular formula is C31H35F4NO4. The molecule has 1 aliphatic carbocycles. The van der Waals surface area contributed by atoms with Crippen LogP contribution in [0.15, 0.2) is 72.3 Å². The average molecular weight is 562 g/mol. The summed E-state index contributed by atoms with van der Waals surface area (Å²) in [6.45, 7) is 3.51. The third kappa shape index (κ3) is 7.52. The van der Waals surface area contributed by atoms with Crippen LogP contribution in [0, 0.1) is 11.2 Å². The van der Waals surface area contributed by atoms with Crippen LogP contribution in [0.25, 0.3) is 0 Å². The van der Waals surface area contributed by atoms with Crippen LogP contribution >= 0.6 is 0 Å². The van der Waals surface area contributed by atoms with Gasteiger partial charge in [0.2, 0.25) is 0 Å². The van der Waals surface area contributed by atoms with Gasteiger partial charge >= 0.3 is 12.1 Å². The largest absolute Gasteiger partial charge is 0.486 e. The Morgan fingerprint density at radius 3 is 2.42 bits per heavy atom. The van der Waals surface area contributed by atoms with E-state index in [1.807, 2.05) is 37.3 Å². The molecule has 1 amide bonds. The highest BCUT2D eigenvalue weighted by Crippen LogP contribution is 2.51. The molecule has 2 aromatic rings. The van der Waals surface area contributed by atoms with Gasteiger partial charge in [-0.2, -0.15) is 13.2 Å². The first-order valence-electron chi connectivity index (χ1n) is 13.4. The van der Waals surface area contributed by atoms with E-state index in [-0.39, 0.29) is 30.9 Å². The van der Waals surface area contributed by atoms with Gasteiger partial charge in [-0.25, -0.2) is 4.39 Å². The van der Waals surface area contributed by atoms with Crippen LogP contribution in [0.5, 0.6) is 5.75 Å². The molecule has 0 radical (unpaired) electrons. The van der Waals surface area contributed by atoms with Gasteiger partial charge in [0, 0.05) is 18.0 Å².